The number of ether oxygens (including phenoxy) is 4. The highest BCUT2D eigenvalue weighted by Gasteiger charge is 2.18. The molecule has 0 aliphatic rings. The minimum absolute atomic E-state index is 0.106. The lowest BCUT2D eigenvalue weighted by atomic mass is 10.0. The van der Waals surface area contributed by atoms with Crippen molar-refractivity contribution >= 4 is 11.0 Å². The molecule has 0 bridgehead atoms. The quantitative estimate of drug-likeness (QED) is 0.503. The van der Waals surface area contributed by atoms with Crippen LogP contribution in [0.15, 0.2) is 53.3 Å². The Morgan fingerprint density at radius 2 is 1.52 bits per heavy atom. The summed E-state index contributed by atoms with van der Waals surface area (Å²) in [5.74, 6) is 1.01. The molecule has 8 heteroatoms. The van der Waals surface area contributed by atoms with Crippen LogP contribution in [0.1, 0.15) is 0 Å². The van der Waals surface area contributed by atoms with Gasteiger partial charge in [0.15, 0.2) is 23.1 Å². The van der Waals surface area contributed by atoms with Gasteiger partial charge in [-0.15, -0.1) is 0 Å². The Balaban J connectivity index is 1.94. The number of H-pyrrole nitrogens is 1. The average Bonchev–Trinajstić information content (AvgIpc) is 3.13. The van der Waals surface area contributed by atoms with Crippen LogP contribution in [0.5, 0.6) is 23.0 Å². The molecule has 0 aliphatic carbocycles. The molecule has 0 spiro atoms. The number of aromatic amines is 1. The van der Waals surface area contributed by atoms with Gasteiger partial charge in [-0.1, -0.05) is 12.1 Å². The Hall–Kier alpha value is -3.94. The summed E-state index contributed by atoms with van der Waals surface area (Å²) in [5, 5.41) is 0. The Morgan fingerprint density at radius 1 is 0.839 bits per heavy atom. The average molecular weight is 424 g/mol. The van der Waals surface area contributed by atoms with Gasteiger partial charge in [0.1, 0.15) is 0 Å². The summed E-state index contributed by atoms with van der Waals surface area (Å²) in [5.41, 5.74) is 2.70. The third-order valence-electron chi connectivity index (χ3n) is 5.09. The fourth-order valence-electron chi connectivity index (χ4n) is 3.66. The predicted octanol–water partition coefficient (Wildman–Crippen LogP) is 4.16. The van der Waals surface area contributed by atoms with Crippen molar-refractivity contribution in [2.45, 2.75) is 0 Å². The van der Waals surface area contributed by atoms with E-state index in [1.54, 1.807) is 24.3 Å². The van der Waals surface area contributed by atoms with Crippen LogP contribution < -0.4 is 24.6 Å². The number of imidazole rings is 1. The Kier molecular flexibility index (Phi) is 5.29. The van der Waals surface area contributed by atoms with Gasteiger partial charge < -0.3 is 23.9 Å². The number of rotatable bonds is 6. The molecule has 0 aliphatic heterocycles. The highest BCUT2D eigenvalue weighted by Crippen LogP contribution is 2.42. The molecule has 4 aromatic rings. The zero-order chi connectivity index (χ0) is 22.1. The van der Waals surface area contributed by atoms with E-state index in [0.29, 0.717) is 34.0 Å². The highest BCUT2D eigenvalue weighted by molar-refractivity contribution is 5.93. The smallest absolute Gasteiger partial charge is 0.331 e. The molecular weight excluding hydrogens is 403 g/mol. The zero-order valence-corrected chi connectivity index (χ0v) is 17.5. The lowest BCUT2D eigenvalue weighted by Gasteiger charge is -2.14. The summed E-state index contributed by atoms with van der Waals surface area (Å²) in [6.07, 6.45) is 0. The molecule has 0 radical (unpaired) electrons. The van der Waals surface area contributed by atoms with Crippen molar-refractivity contribution in [3.05, 3.63) is 64.8 Å². The maximum absolute atomic E-state index is 14.3. The predicted molar refractivity (Wildman–Crippen MR) is 115 cm³/mol. The normalized spacial score (nSPS) is 10.9. The number of hydrogen-bond donors (Lipinski definition) is 1. The summed E-state index contributed by atoms with van der Waals surface area (Å²) in [6, 6.07) is 13.5. The summed E-state index contributed by atoms with van der Waals surface area (Å²) in [7, 11) is 6.00. The van der Waals surface area contributed by atoms with E-state index in [9.17, 15) is 9.18 Å². The summed E-state index contributed by atoms with van der Waals surface area (Å²) >= 11 is 0. The molecule has 7 nitrogen and oxygen atoms in total. The first-order valence-electron chi connectivity index (χ1n) is 9.40. The third kappa shape index (κ3) is 3.35. The van der Waals surface area contributed by atoms with Crippen molar-refractivity contribution in [2.24, 2.45) is 0 Å². The Labute approximate surface area is 177 Å². The molecular formula is C23H21FN2O5. The number of halogens is 1. The van der Waals surface area contributed by atoms with Gasteiger partial charge in [0, 0.05) is 11.6 Å². The van der Waals surface area contributed by atoms with Crippen LogP contribution in [0.3, 0.4) is 0 Å². The number of nitrogens with zero attached hydrogens (tertiary/aromatic N) is 1. The van der Waals surface area contributed by atoms with E-state index in [1.165, 1.54) is 45.1 Å². The topological polar surface area (TPSA) is 74.7 Å². The molecule has 31 heavy (non-hydrogen) atoms. The molecule has 1 heterocycles. The number of benzene rings is 3. The van der Waals surface area contributed by atoms with Gasteiger partial charge in [0.05, 0.1) is 45.2 Å². The molecule has 0 fully saturated rings. The molecule has 0 unspecified atom stereocenters. The van der Waals surface area contributed by atoms with Gasteiger partial charge >= 0.3 is 5.69 Å². The van der Waals surface area contributed by atoms with Crippen LogP contribution in [0.25, 0.3) is 27.8 Å². The molecule has 160 valence electrons. The molecule has 4 rings (SSSR count). The maximum Gasteiger partial charge on any atom is 0.331 e. The van der Waals surface area contributed by atoms with E-state index in [-0.39, 0.29) is 11.4 Å². The van der Waals surface area contributed by atoms with E-state index < -0.39 is 5.82 Å². The molecule has 0 saturated carbocycles. The monoisotopic (exact) mass is 424 g/mol. The summed E-state index contributed by atoms with van der Waals surface area (Å²) < 4.78 is 36.9. The number of fused-ring (bicyclic) bond motifs is 1. The van der Waals surface area contributed by atoms with Crippen LogP contribution in [0.4, 0.5) is 4.39 Å². The number of para-hydroxylation sites is 1. The first-order valence-corrected chi connectivity index (χ1v) is 9.40. The molecule has 0 saturated heterocycles. The van der Waals surface area contributed by atoms with Crippen molar-refractivity contribution in [2.75, 3.05) is 28.4 Å². The Bertz CT molecular complexity index is 1300. The van der Waals surface area contributed by atoms with Crippen LogP contribution in [-0.4, -0.2) is 38.0 Å². The van der Waals surface area contributed by atoms with E-state index in [4.69, 9.17) is 18.9 Å². The highest BCUT2D eigenvalue weighted by atomic mass is 19.1. The van der Waals surface area contributed by atoms with Gasteiger partial charge in [-0.25, -0.2) is 9.18 Å². The number of aromatic nitrogens is 2. The zero-order valence-electron chi connectivity index (χ0n) is 17.5. The summed E-state index contributed by atoms with van der Waals surface area (Å²) in [6.45, 7) is 0. The van der Waals surface area contributed by atoms with E-state index in [0.717, 1.165) is 11.1 Å². The van der Waals surface area contributed by atoms with E-state index in [2.05, 4.69) is 4.98 Å². The van der Waals surface area contributed by atoms with Crippen molar-refractivity contribution in [3.63, 3.8) is 0 Å². The molecule has 3 aromatic carbocycles. The first-order chi connectivity index (χ1) is 15.0. The minimum Gasteiger partial charge on any atom is -0.494 e. The Morgan fingerprint density at radius 3 is 2.10 bits per heavy atom. The standard InChI is InChI=1S/C23H21FN2O5/c1-28-18-9-8-14(12-16(18)24)26-17-7-5-6-15(21(17)25-23(26)27)13-10-19(29-2)22(31-4)20(11-13)30-3/h5-12H,1-4H3,(H,25,27). The first kappa shape index (κ1) is 20.3. The molecule has 1 N–H and O–H groups in total. The largest absolute Gasteiger partial charge is 0.494 e. The van der Waals surface area contributed by atoms with Crippen molar-refractivity contribution in [1.82, 2.24) is 9.55 Å². The minimum atomic E-state index is -0.554. The number of nitrogens with one attached hydrogen (secondary N) is 1. The van der Waals surface area contributed by atoms with E-state index in [1.807, 2.05) is 12.1 Å². The van der Waals surface area contributed by atoms with Crippen molar-refractivity contribution < 1.29 is 23.3 Å². The lowest BCUT2D eigenvalue weighted by Crippen LogP contribution is -2.14. The second-order valence-corrected chi connectivity index (χ2v) is 6.70. The fourth-order valence-corrected chi connectivity index (χ4v) is 3.66. The summed E-state index contributed by atoms with van der Waals surface area (Å²) in [4.78, 5) is 15.7. The van der Waals surface area contributed by atoms with Crippen LogP contribution >= 0.6 is 0 Å². The van der Waals surface area contributed by atoms with Crippen LogP contribution in [0.2, 0.25) is 0 Å². The van der Waals surface area contributed by atoms with Crippen LogP contribution in [-0.2, 0) is 0 Å². The molecule has 0 atom stereocenters. The van der Waals surface area contributed by atoms with Gasteiger partial charge in [-0.2, -0.15) is 0 Å². The molecule has 0 amide bonds. The van der Waals surface area contributed by atoms with Gasteiger partial charge in [-0.05, 0) is 35.9 Å². The lowest BCUT2D eigenvalue weighted by molar-refractivity contribution is 0.324. The van der Waals surface area contributed by atoms with Gasteiger partial charge in [-0.3, -0.25) is 4.57 Å². The van der Waals surface area contributed by atoms with Gasteiger partial charge in [0.25, 0.3) is 0 Å². The van der Waals surface area contributed by atoms with Gasteiger partial charge in [0.2, 0.25) is 5.75 Å². The van der Waals surface area contributed by atoms with Crippen molar-refractivity contribution in [1.29, 1.82) is 0 Å². The second kappa shape index (κ2) is 8.06. The number of hydrogen-bond acceptors (Lipinski definition) is 5. The fraction of sp³-hybridized carbons (Fsp3) is 0.174. The third-order valence-corrected chi connectivity index (χ3v) is 5.09. The van der Waals surface area contributed by atoms with Crippen molar-refractivity contribution in [3.8, 4) is 39.8 Å². The molecule has 1 aromatic heterocycles. The van der Waals surface area contributed by atoms with E-state index >= 15 is 0 Å². The SMILES string of the molecule is COc1ccc(-n2c(=O)[nH]c3c(-c4cc(OC)c(OC)c(OC)c4)cccc32)cc1F. The maximum atomic E-state index is 14.3. The second-order valence-electron chi connectivity index (χ2n) is 6.70. The van der Waals surface area contributed by atoms with Crippen LogP contribution in [0, 0.1) is 5.82 Å². The number of methoxy groups -OCH3 is 4.